The van der Waals surface area contributed by atoms with Crippen molar-refractivity contribution < 1.29 is 0 Å². The first-order valence-corrected chi connectivity index (χ1v) is 2.84. The normalized spacial score (nSPS) is 17.6. The molecule has 1 aliphatic rings. The Hall–Kier alpha value is -0.640. The lowest BCUT2D eigenvalue weighted by atomic mass is 10.6. The highest BCUT2D eigenvalue weighted by atomic mass is 79.9. The van der Waals surface area contributed by atoms with E-state index in [2.05, 4.69) is 21.5 Å². The molecule has 0 radical (unpaired) electrons. The number of halogens is 1. The lowest BCUT2D eigenvalue weighted by Gasteiger charge is -2.11. The van der Waals surface area contributed by atoms with Crippen molar-refractivity contribution in [1.82, 2.24) is 9.24 Å². The predicted octanol–water partition coefficient (Wildman–Crippen LogP) is 0.430. The van der Waals surface area contributed by atoms with Gasteiger partial charge in [0.2, 0.25) is 0 Å². The molecule has 0 saturated carbocycles. The van der Waals surface area contributed by atoms with Crippen LogP contribution in [0.1, 0.15) is 0 Å². The first-order valence-electron chi connectivity index (χ1n) is 2.13. The molecule has 1 heterocycles. The molecule has 1 aliphatic heterocycles. The molecule has 0 amide bonds. The average Bonchev–Trinajstić information content (AvgIpc) is 1.64. The van der Waals surface area contributed by atoms with E-state index in [1.807, 2.05) is 0 Å². The summed E-state index contributed by atoms with van der Waals surface area (Å²) < 4.78 is 1.69. The van der Waals surface area contributed by atoms with E-state index in [-0.39, 0.29) is 0 Å². The summed E-state index contributed by atoms with van der Waals surface area (Å²) in [5.74, 6) is 0.629. The summed E-state index contributed by atoms with van der Waals surface area (Å²) in [7, 11) is 0. The quantitative estimate of drug-likeness (QED) is 0.526. The summed E-state index contributed by atoms with van der Waals surface area (Å²) in [6, 6.07) is 0. The van der Waals surface area contributed by atoms with Crippen LogP contribution in [0, 0.1) is 0 Å². The topological polar surface area (TPSA) is 41.3 Å². The van der Waals surface area contributed by atoms with Crippen LogP contribution in [0.4, 0.5) is 0 Å². The van der Waals surface area contributed by atoms with Gasteiger partial charge in [0, 0.05) is 12.4 Å². The molecule has 0 fully saturated rings. The van der Waals surface area contributed by atoms with Crippen molar-refractivity contribution in [3.63, 3.8) is 0 Å². The summed E-state index contributed by atoms with van der Waals surface area (Å²) in [6.07, 6.45) is 5.26. The Bertz CT molecular complexity index is 140. The Labute approximate surface area is 56.2 Å². The highest BCUT2D eigenvalue weighted by molar-refractivity contribution is 9.07. The van der Waals surface area contributed by atoms with Gasteiger partial charge < -0.3 is 11.1 Å². The second-order valence-electron chi connectivity index (χ2n) is 1.39. The zero-order chi connectivity index (χ0) is 5.98. The second kappa shape index (κ2) is 2.09. The number of hydrogen-bond donors (Lipinski definition) is 2. The fourth-order valence-corrected chi connectivity index (χ4v) is 0.757. The van der Waals surface area contributed by atoms with E-state index in [9.17, 15) is 0 Å². The first kappa shape index (κ1) is 5.50. The molecule has 0 aromatic rings. The van der Waals surface area contributed by atoms with Gasteiger partial charge in [-0.25, -0.2) is 0 Å². The molecule has 0 unspecified atom stereocenters. The van der Waals surface area contributed by atoms with E-state index in [1.54, 1.807) is 22.5 Å². The minimum Gasteiger partial charge on any atom is -0.384 e. The lowest BCUT2D eigenvalue weighted by molar-refractivity contribution is 0.790. The zero-order valence-corrected chi connectivity index (χ0v) is 5.72. The SMILES string of the molecule is NC1=CN(Br)C=CN1. The molecule has 3 nitrogen and oxygen atoms in total. The van der Waals surface area contributed by atoms with Gasteiger partial charge >= 0.3 is 0 Å². The third-order valence-electron chi connectivity index (χ3n) is 0.729. The van der Waals surface area contributed by atoms with Gasteiger partial charge in [-0.05, 0) is 0 Å². The largest absolute Gasteiger partial charge is 0.384 e. The molecule has 0 aromatic heterocycles. The van der Waals surface area contributed by atoms with Crippen LogP contribution < -0.4 is 11.1 Å². The minimum absolute atomic E-state index is 0.629. The number of nitrogens with zero attached hydrogens (tertiary/aromatic N) is 1. The summed E-state index contributed by atoms with van der Waals surface area (Å²) in [6.45, 7) is 0. The molecular weight excluding hydrogens is 170 g/mol. The maximum atomic E-state index is 5.35. The Kier molecular flexibility index (Phi) is 1.43. The van der Waals surface area contributed by atoms with Crippen LogP contribution >= 0.6 is 16.1 Å². The molecule has 0 aliphatic carbocycles. The van der Waals surface area contributed by atoms with E-state index in [1.165, 1.54) is 0 Å². The monoisotopic (exact) mass is 175 g/mol. The number of nitrogens with two attached hydrogens (primary N) is 1. The van der Waals surface area contributed by atoms with Crippen LogP contribution in [0.5, 0.6) is 0 Å². The predicted molar refractivity (Wildman–Crippen MR) is 35.3 cm³/mol. The Morgan fingerprint density at radius 1 is 1.75 bits per heavy atom. The van der Waals surface area contributed by atoms with E-state index in [0.717, 1.165) is 0 Å². The van der Waals surface area contributed by atoms with Gasteiger partial charge in [0.05, 0.1) is 22.3 Å². The van der Waals surface area contributed by atoms with Gasteiger partial charge in [0.1, 0.15) is 5.82 Å². The van der Waals surface area contributed by atoms with Crippen LogP contribution in [-0.4, -0.2) is 3.93 Å². The molecule has 0 saturated heterocycles. The summed E-state index contributed by atoms with van der Waals surface area (Å²) in [5, 5.41) is 2.80. The smallest absolute Gasteiger partial charge is 0.118 e. The Balaban J connectivity index is 2.60. The molecular formula is C4H6BrN3. The van der Waals surface area contributed by atoms with Gasteiger partial charge in [-0.1, -0.05) is 0 Å². The van der Waals surface area contributed by atoms with Gasteiger partial charge in [-0.15, -0.1) is 0 Å². The summed E-state index contributed by atoms with van der Waals surface area (Å²) in [4.78, 5) is 0. The number of nitrogens with one attached hydrogen (secondary N) is 1. The Morgan fingerprint density at radius 3 is 2.88 bits per heavy atom. The minimum atomic E-state index is 0.629. The summed E-state index contributed by atoms with van der Waals surface area (Å²) >= 11 is 3.18. The van der Waals surface area contributed by atoms with Gasteiger partial charge in [0.25, 0.3) is 0 Å². The molecule has 0 aromatic carbocycles. The lowest BCUT2D eigenvalue weighted by Crippen LogP contribution is -2.19. The van der Waals surface area contributed by atoms with Crippen molar-refractivity contribution in [3.05, 3.63) is 24.4 Å². The third kappa shape index (κ3) is 1.16. The van der Waals surface area contributed by atoms with Crippen molar-refractivity contribution >= 4 is 16.1 Å². The van der Waals surface area contributed by atoms with E-state index < -0.39 is 0 Å². The van der Waals surface area contributed by atoms with Crippen LogP contribution in [-0.2, 0) is 0 Å². The van der Waals surface area contributed by atoms with Crippen LogP contribution in [0.15, 0.2) is 24.4 Å². The summed E-state index contributed by atoms with van der Waals surface area (Å²) in [5.41, 5.74) is 5.35. The van der Waals surface area contributed by atoms with Gasteiger partial charge in [-0.3, -0.25) is 3.93 Å². The fourth-order valence-electron chi connectivity index (χ4n) is 0.418. The van der Waals surface area contributed by atoms with Crippen molar-refractivity contribution in [1.29, 1.82) is 0 Å². The van der Waals surface area contributed by atoms with E-state index in [0.29, 0.717) is 5.82 Å². The number of hydrogen-bond acceptors (Lipinski definition) is 3. The standard InChI is InChI=1S/C4H6BrN3/c5-8-2-1-7-4(6)3-8/h1-3,7H,6H2. The van der Waals surface area contributed by atoms with E-state index >= 15 is 0 Å². The van der Waals surface area contributed by atoms with Crippen LogP contribution in [0.2, 0.25) is 0 Å². The van der Waals surface area contributed by atoms with Crippen LogP contribution in [0.3, 0.4) is 0 Å². The fraction of sp³-hybridized carbons (Fsp3) is 0. The van der Waals surface area contributed by atoms with Crippen molar-refractivity contribution in [3.8, 4) is 0 Å². The third-order valence-corrected chi connectivity index (χ3v) is 1.17. The molecule has 0 bridgehead atoms. The zero-order valence-electron chi connectivity index (χ0n) is 4.13. The molecule has 0 atom stereocenters. The molecule has 44 valence electrons. The highest BCUT2D eigenvalue weighted by Gasteiger charge is 1.94. The van der Waals surface area contributed by atoms with Gasteiger partial charge in [-0.2, -0.15) is 0 Å². The second-order valence-corrected chi connectivity index (χ2v) is 2.21. The first-order chi connectivity index (χ1) is 3.79. The van der Waals surface area contributed by atoms with Gasteiger partial charge in [0.15, 0.2) is 0 Å². The molecule has 4 heteroatoms. The van der Waals surface area contributed by atoms with Crippen molar-refractivity contribution in [2.24, 2.45) is 5.73 Å². The van der Waals surface area contributed by atoms with Crippen LogP contribution in [0.25, 0.3) is 0 Å². The number of rotatable bonds is 0. The Morgan fingerprint density at radius 2 is 2.50 bits per heavy atom. The molecule has 0 spiro atoms. The molecule has 8 heavy (non-hydrogen) atoms. The van der Waals surface area contributed by atoms with Crippen molar-refractivity contribution in [2.75, 3.05) is 0 Å². The highest BCUT2D eigenvalue weighted by Crippen LogP contribution is 2.03. The average molecular weight is 176 g/mol. The molecule has 3 N–H and O–H groups in total. The molecule has 1 rings (SSSR count). The maximum Gasteiger partial charge on any atom is 0.118 e. The maximum absolute atomic E-state index is 5.35. The van der Waals surface area contributed by atoms with Crippen molar-refractivity contribution in [2.45, 2.75) is 0 Å². The van der Waals surface area contributed by atoms with E-state index in [4.69, 9.17) is 5.73 Å².